The molecular weight excluding hydrogens is 576 g/mol. The summed E-state index contributed by atoms with van der Waals surface area (Å²) < 4.78 is 5.48. The molecular formula is C32H44N8O5. The second-order valence-electron chi connectivity index (χ2n) is 11.4. The van der Waals surface area contributed by atoms with E-state index in [1.54, 1.807) is 30.3 Å². The SMILES string of the molecule is NC(N)=NCCCC(N)C(=O)NCCCCCCNC(=O)c1ccc(CN(C(=O)c2ccc3c(c2)OCC(=O)N3)C2CC2)cc1. The Morgan fingerprint density at radius 3 is 2.33 bits per heavy atom. The lowest BCUT2D eigenvalue weighted by atomic mass is 10.1. The molecule has 1 aliphatic carbocycles. The fraction of sp³-hybridized carbons (Fsp3) is 0.469. The highest BCUT2D eigenvalue weighted by Crippen LogP contribution is 2.33. The Kier molecular flexibility index (Phi) is 12.1. The van der Waals surface area contributed by atoms with Crippen molar-refractivity contribution in [2.75, 3.05) is 31.6 Å². The molecule has 45 heavy (non-hydrogen) atoms. The molecule has 4 rings (SSSR count). The van der Waals surface area contributed by atoms with Crippen molar-refractivity contribution in [3.8, 4) is 5.75 Å². The molecule has 242 valence electrons. The Labute approximate surface area is 263 Å². The van der Waals surface area contributed by atoms with E-state index in [1.165, 1.54) is 0 Å². The molecule has 0 radical (unpaired) electrons. The number of hydrogen-bond donors (Lipinski definition) is 6. The van der Waals surface area contributed by atoms with Crippen LogP contribution < -0.4 is 37.9 Å². The van der Waals surface area contributed by atoms with Crippen LogP contribution in [0.2, 0.25) is 0 Å². The van der Waals surface area contributed by atoms with Gasteiger partial charge in [-0.25, -0.2) is 0 Å². The van der Waals surface area contributed by atoms with Gasteiger partial charge in [-0.15, -0.1) is 0 Å². The van der Waals surface area contributed by atoms with Crippen molar-refractivity contribution >= 4 is 35.3 Å². The normalized spacial score (nSPS) is 14.3. The number of amides is 4. The Balaban J connectivity index is 1.12. The molecule has 1 heterocycles. The van der Waals surface area contributed by atoms with Crippen LogP contribution in [0.1, 0.15) is 77.6 Å². The van der Waals surface area contributed by atoms with Crippen molar-refractivity contribution in [1.82, 2.24) is 15.5 Å². The van der Waals surface area contributed by atoms with Gasteiger partial charge in [-0.2, -0.15) is 0 Å². The van der Waals surface area contributed by atoms with E-state index in [0.29, 0.717) is 61.6 Å². The minimum atomic E-state index is -0.578. The topological polar surface area (TPSA) is 207 Å². The van der Waals surface area contributed by atoms with Crippen molar-refractivity contribution in [1.29, 1.82) is 0 Å². The average Bonchev–Trinajstić information content (AvgIpc) is 3.88. The lowest BCUT2D eigenvalue weighted by Gasteiger charge is -2.24. The predicted octanol–water partition coefficient (Wildman–Crippen LogP) is 1.61. The molecule has 4 amide bonds. The van der Waals surface area contributed by atoms with Gasteiger partial charge >= 0.3 is 0 Å². The number of nitrogens with two attached hydrogens (primary N) is 3. The lowest BCUT2D eigenvalue weighted by molar-refractivity contribution is -0.122. The van der Waals surface area contributed by atoms with E-state index < -0.39 is 6.04 Å². The number of guanidine groups is 1. The largest absolute Gasteiger partial charge is 0.482 e. The highest BCUT2D eigenvalue weighted by Gasteiger charge is 2.33. The molecule has 0 saturated heterocycles. The quantitative estimate of drug-likeness (QED) is 0.0868. The first-order valence-electron chi connectivity index (χ1n) is 15.5. The zero-order chi connectivity index (χ0) is 32.2. The van der Waals surface area contributed by atoms with Crippen LogP contribution in [0.3, 0.4) is 0 Å². The van der Waals surface area contributed by atoms with Gasteiger partial charge in [-0.3, -0.25) is 24.2 Å². The number of benzene rings is 2. The van der Waals surface area contributed by atoms with Gasteiger partial charge in [0.05, 0.1) is 11.7 Å². The second-order valence-corrected chi connectivity index (χ2v) is 11.4. The number of fused-ring (bicyclic) bond motifs is 1. The number of nitrogens with zero attached hydrogens (tertiary/aromatic N) is 2. The van der Waals surface area contributed by atoms with E-state index in [-0.39, 0.29) is 42.2 Å². The number of ether oxygens (including phenoxy) is 1. The fourth-order valence-electron chi connectivity index (χ4n) is 4.99. The highest BCUT2D eigenvalue weighted by molar-refractivity contribution is 5.99. The molecule has 13 heteroatoms. The van der Waals surface area contributed by atoms with Crippen LogP contribution in [0.15, 0.2) is 47.5 Å². The molecule has 0 spiro atoms. The van der Waals surface area contributed by atoms with Crippen LogP contribution >= 0.6 is 0 Å². The summed E-state index contributed by atoms with van der Waals surface area (Å²) in [4.78, 5) is 55.4. The molecule has 1 unspecified atom stereocenters. The predicted molar refractivity (Wildman–Crippen MR) is 172 cm³/mol. The maximum absolute atomic E-state index is 13.4. The van der Waals surface area contributed by atoms with Gasteiger partial charge in [0, 0.05) is 43.3 Å². The third kappa shape index (κ3) is 10.5. The average molecular weight is 621 g/mol. The molecule has 9 N–H and O–H groups in total. The number of hydrogen-bond acceptors (Lipinski definition) is 7. The first kappa shape index (κ1) is 33.2. The molecule has 1 aliphatic heterocycles. The summed E-state index contributed by atoms with van der Waals surface area (Å²) in [6.07, 6.45) is 6.58. The number of anilines is 1. The number of carbonyl (C=O) groups is 4. The first-order valence-corrected chi connectivity index (χ1v) is 15.5. The zero-order valence-electron chi connectivity index (χ0n) is 25.6. The van der Waals surface area contributed by atoms with Gasteiger partial charge in [0.25, 0.3) is 17.7 Å². The highest BCUT2D eigenvalue weighted by atomic mass is 16.5. The van der Waals surface area contributed by atoms with Crippen molar-refractivity contribution in [3.05, 3.63) is 59.2 Å². The van der Waals surface area contributed by atoms with E-state index in [9.17, 15) is 19.2 Å². The molecule has 2 aromatic carbocycles. The molecule has 1 atom stereocenters. The van der Waals surface area contributed by atoms with Gasteiger partial charge < -0.3 is 42.8 Å². The van der Waals surface area contributed by atoms with E-state index in [2.05, 4.69) is 20.9 Å². The van der Waals surface area contributed by atoms with E-state index >= 15 is 0 Å². The van der Waals surface area contributed by atoms with Crippen LogP contribution in [-0.2, 0) is 16.1 Å². The molecule has 1 saturated carbocycles. The van der Waals surface area contributed by atoms with Crippen LogP contribution in [-0.4, -0.2) is 72.8 Å². The second kappa shape index (κ2) is 16.4. The fourth-order valence-corrected chi connectivity index (χ4v) is 4.99. The van der Waals surface area contributed by atoms with Crippen LogP contribution in [0.5, 0.6) is 5.75 Å². The summed E-state index contributed by atoms with van der Waals surface area (Å²) in [6.45, 7) is 1.94. The van der Waals surface area contributed by atoms with Gasteiger partial charge in [-0.05, 0) is 74.4 Å². The van der Waals surface area contributed by atoms with Crippen molar-refractivity contribution in [2.24, 2.45) is 22.2 Å². The summed E-state index contributed by atoms with van der Waals surface area (Å²) in [5.41, 5.74) is 19.0. The zero-order valence-corrected chi connectivity index (χ0v) is 25.6. The number of nitrogens with one attached hydrogen (secondary N) is 3. The number of unbranched alkanes of at least 4 members (excludes halogenated alkanes) is 3. The smallest absolute Gasteiger partial charge is 0.262 e. The Morgan fingerprint density at radius 2 is 1.64 bits per heavy atom. The van der Waals surface area contributed by atoms with E-state index in [0.717, 1.165) is 44.1 Å². The summed E-state index contributed by atoms with van der Waals surface area (Å²) in [6, 6.07) is 12.0. The standard InChI is InChI=1S/C32H44N8O5/c33-25(6-5-17-38-32(34)35)30(43)37-16-4-2-1-3-15-36-29(42)22-9-7-21(8-10-22)19-40(24-12-13-24)31(44)23-11-14-26-27(18-23)45-20-28(41)39-26/h7-11,14,18,24-25H,1-6,12-13,15-17,19-20,33H2,(H,36,42)(H,37,43)(H,39,41)(H4,34,35,38). The molecule has 0 bridgehead atoms. The Bertz CT molecular complexity index is 1370. The van der Waals surface area contributed by atoms with Crippen molar-refractivity contribution < 1.29 is 23.9 Å². The minimum absolute atomic E-state index is 0.0304. The van der Waals surface area contributed by atoms with Crippen LogP contribution in [0, 0.1) is 0 Å². The van der Waals surface area contributed by atoms with Gasteiger partial charge in [-0.1, -0.05) is 25.0 Å². The molecule has 2 aromatic rings. The molecule has 2 aliphatic rings. The molecule has 13 nitrogen and oxygen atoms in total. The third-order valence-electron chi connectivity index (χ3n) is 7.67. The van der Waals surface area contributed by atoms with Gasteiger partial charge in [0.2, 0.25) is 5.91 Å². The Hall–Kier alpha value is -4.65. The maximum Gasteiger partial charge on any atom is 0.262 e. The third-order valence-corrected chi connectivity index (χ3v) is 7.67. The van der Waals surface area contributed by atoms with Gasteiger partial charge in [0.15, 0.2) is 12.6 Å². The summed E-state index contributed by atoms with van der Waals surface area (Å²) in [7, 11) is 0. The number of carbonyl (C=O) groups excluding carboxylic acids is 4. The summed E-state index contributed by atoms with van der Waals surface area (Å²) >= 11 is 0. The van der Waals surface area contributed by atoms with Crippen LogP contribution in [0.4, 0.5) is 5.69 Å². The van der Waals surface area contributed by atoms with Crippen molar-refractivity contribution in [2.45, 2.75) is 70.0 Å². The number of aliphatic imine (C=N–C) groups is 1. The maximum atomic E-state index is 13.4. The Morgan fingerprint density at radius 1 is 0.956 bits per heavy atom. The van der Waals surface area contributed by atoms with Gasteiger partial charge in [0.1, 0.15) is 5.75 Å². The minimum Gasteiger partial charge on any atom is -0.482 e. The van der Waals surface area contributed by atoms with E-state index in [4.69, 9.17) is 21.9 Å². The van der Waals surface area contributed by atoms with Crippen molar-refractivity contribution in [3.63, 3.8) is 0 Å². The monoisotopic (exact) mass is 620 g/mol. The van der Waals surface area contributed by atoms with Crippen LogP contribution in [0.25, 0.3) is 0 Å². The molecule has 1 fully saturated rings. The first-order chi connectivity index (χ1) is 21.7. The lowest BCUT2D eigenvalue weighted by Crippen LogP contribution is -2.41. The summed E-state index contributed by atoms with van der Waals surface area (Å²) in [5.74, 6) is -0.105. The molecule has 0 aromatic heterocycles. The van der Waals surface area contributed by atoms with E-state index in [1.807, 2.05) is 17.0 Å². The number of rotatable bonds is 17. The summed E-state index contributed by atoms with van der Waals surface area (Å²) in [5, 5.41) is 8.55.